The quantitative estimate of drug-likeness (QED) is 0.784. The van der Waals surface area contributed by atoms with Crippen molar-refractivity contribution in [2.24, 2.45) is 0 Å². The molecular weight excluding hydrogens is 292 g/mol. The van der Waals surface area contributed by atoms with Gasteiger partial charge in [-0.25, -0.2) is 4.79 Å². The van der Waals surface area contributed by atoms with Gasteiger partial charge in [0.05, 0.1) is 5.56 Å². The van der Waals surface area contributed by atoms with E-state index in [4.69, 9.17) is 9.84 Å². The Kier molecular flexibility index (Phi) is 6.00. The lowest BCUT2D eigenvalue weighted by molar-refractivity contribution is 0.0697. The Morgan fingerprint density at radius 1 is 1.17 bits per heavy atom. The fraction of sp³-hybridized carbons (Fsp3) is 0.278. The lowest BCUT2D eigenvalue weighted by Crippen LogP contribution is -2.19. The largest absolute Gasteiger partial charge is 0.492 e. The topological polar surface area (TPSA) is 61.8 Å². The summed E-state index contributed by atoms with van der Waals surface area (Å²) in [5.41, 5.74) is 2.29. The summed E-state index contributed by atoms with van der Waals surface area (Å²) in [4.78, 5) is 12.9. The second-order valence-electron chi connectivity index (χ2n) is 5.54. The minimum Gasteiger partial charge on any atom is -0.492 e. The summed E-state index contributed by atoms with van der Waals surface area (Å²) >= 11 is 0. The molecule has 2 aromatic carbocycles. The lowest BCUT2D eigenvalue weighted by atomic mass is 10.1. The second-order valence-corrected chi connectivity index (χ2v) is 5.54. The number of carboxylic acids is 1. The normalized spacial score (nSPS) is 10.6. The molecule has 2 N–H and O–H groups in total. The fourth-order valence-corrected chi connectivity index (χ4v) is 2.01. The first-order valence-electron chi connectivity index (χ1n) is 7.48. The van der Waals surface area contributed by atoms with E-state index in [-0.39, 0.29) is 0 Å². The summed E-state index contributed by atoms with van der Waals surface area (Å²) in [6, 6.07) is 14.7. The Morgan fingerprint density at radius 3 is 2.57 bits per heavy atom. The molecule has 0 spiro atoms. The molecule has 0 bridgehead atoms. The van der Waals surface area contributed by atoms with Gasteiger partial charge in [0.2, 0.25) is 0 Å². The molecule has 5 nitrogen and oxygen atoms in total. The van der Waals surface area contributed by atoms with Gasteiger partial charge in [0.25, 0.3) is 0 Å². The Balaban J connectivity index is 1.88. The van der Waals surface area contributed by atoms with Gasteiger partial charge in [-0.05, 0) is 43.9 Å². The van der Waals surface area contributed by atoms with E-state index in [2.05, 4.69) is 10.2 Å². The van der Waals surface area contributed by atoms with E-state index in [1.54, 1.807) is 12.1 Å². The Labute approximate surface area is 136 Å². The maximum absolute atomic E-state index is 10.8. The molecule has 2 rings (SSSR count). The zero-order valence-corrected chi connectivity index (χ0v) is 13.5. The van der Waals surface area contributed by atoms with Gasteiger partial charge in [0, 0.05) is 24.8 Å². The minimum absolute atomic E-state index is 0.296. The van der Waals surface area contributed by atoms with Gasteiger partial charge in [-0.2, -0.15) is 0 Å². The van der Waals surface area contributed by atoms with Crippen molar-refractivity contribution in [1.82, 2.24) is 4.90 Å². The van der Waals surface area contributed by atoms with Crippen molar-refractivity contribution in [2.45, 2.75) is 6.54 Å². The van der Waals surface area contributed by atoms with E-state index in [1.165, 1.54) is 0 Å². The summed E-state index contributed by atoms with van der Waals surface area (Å²) in [6.07, 6.45) is 0. The van der Waals surface area contributed by atoms with Crippen LogP contribution in [0.3, 0.4) is 0 Å². The van der Waals surface area contributed by atoms with Crippen molar-refractivity contribution in [3.8, 4) is 5.75 Å². The number of aromatic carboxylic acids is 1. The first-order valence-corrected chi connectivity index (χ1v) is 7.48. The average molecular weight is 314 g/mol. The van der Waals surface area contributed by atoms with Crippen LogP contribution in [0, 0.1) is 0 Å². The molecule has 23 heavy (non-hydrogen) atoms. The molecule has 5 heteroatoms. The number of carbonyl (C=O) groups is 1. The van der Waals surface area contributed by atoms with Crippen LogP contribution in [0.25, 0.3) is 0 Å². The van der Waals surface area contributed by atoms with Gasteiger partial charge < -0.3 is 20.1 Å². The second kappa shape index (κ2) is 8.19. The van der Waals surface area contributed by atoms with Crippen LogP contribution < -0.4 is 10.1 Å². The van der Waals surface area contributed by atoms with Crippen LogP contribution in [0.1, 0.15) is 15.9 Å². The number of likely N-dealkylation sites (N-methyl/N-ethyl adjacent to an activating group) is 1. The number of ether oxygens (including phenoxy) is 1. The minimum atomic E-state index is -0.910. The molecule has 0 aliphatic heterocycles. The lowest BCUT2D eigenvalue weighted by Gasteiger charge is -2.12. The molecule has 0 unspecified atom stereocenters. The number of nitrogens with zero attached hydrogens (tertiary/aromatic N) is 1. The van der Waals surface area contributed by atoms with E-state index >= 15 is 0 Å². The number of hydrogen-bond acceptors (Lipinski definition) is 4. The Morgan fingerprint density at radius 2 is 1.91 bits per heavy atom. The van der Waals surface area contributed by atoms with Crippen molar-refractivity contribution >= 4 is 11.7 Å². The van der Waals surface area contributed by atoms with Gasteiger partial charge in [0.1, 0.15) is 12.4 Å². The van der Waals surface area contributed by atoms with Crippen LogP contribution in [0.5, 0.6) is 5.75 Å². The zero-order chi connectivity index (χ0) is 16.7. The highest BCUT2D eigenvalue weighted by atomic mass is 16.5. The highest BCUT2D eigenvalue weighted by Gasteiger charge is 2.02. The summed E-state index contributed by atoms with van der Waals surface area (Å²) in [7, 11) is 4.02. The van der Waals surface area contributed by atoms with Crippen LogP contribution in [0.2, 0.25) is 0 Å². The van der Waals surface area contributed by atoms with Crippen molar-refractivity contribution in [1.29, 1.82) is 0 Å². The van der Waals surface area contributed by atoms with E-state index in [9.17, 15) is 4.79 Å². The molecule has 0 aliphatic rings. The molecule has 0 aromatic heterocycles. The van der Waals surface area contributed by atoms with E-state index in [0.717, 1.165) is 23.5 Å². The molecule has 0 heterocycles. The van der Waals surface area contributed by atoms with Gasteiger partial charge in [-0.15, -0.1) is 0 Å². The van der Waals surface area contributed by atoms with Crippen molar-refractivity contribution in [2.75, 3.05) is 32.6 Å². The summed E-state index contributed by atoms with van der Waals surface area (Å²) in [6.45, 7) is 2.14. The van der Waals surface area contributed by atoms with Crippen LogP contribution in [-0.2, 0) is 6.54 Å². The van der Waals surface area contributed by atoms with E-state index in [1.807, 2.05) is 50.5 Å². The molecule has 2 aromatic rings. The SMILES string of the molecule is CN(C)CCOc1cccc(NCc2ccc(C(=O)O)cc2)c1. The maximum Gasteiger partial charge on any atom is 0.335 e. The molecule has 122 valence electrons. The fourth-order valence-electron chi connectivity index (χ4n) is 2.01. The molecule has 0 atom stereocenters. The van der Waals surface area contributed by atoms with E-state index < -0.39 is 5.97 Å². The number of anilines is 1. The molecular formula is C18H22N2O3. The third kappa shape index (κ3) is 5.64. The van der Waals surface area contributed by atoms with Gasteiger partial charge >= 0.3 is 5.97 Å². The predicted octanol–water partition coefficient (Wildman–Crippen LogP) is 2.94. The smallest absolute Gasteiger partial charge is 0.335 e. The molecule has 0 amide bonds. The van der Waals surface area contributed by atoms with Crippen molar-refractivity contribution < 1.29 is 14.6 Å². The molecule has 0 saturated carbocycles. The highest BCUT2D eigenvalue weighted by Crippen LogP contribution is 2.18. The standard InChI is InChI=1S/C18H22N2O3/c1-20(2)10-11-23-17-5-3-4-16(12-17)19-13-14-6-8-15(9-7-14)18(21)22/h3-9,12,19H,10-11,13H2,1-2H3,(H,21,22). The van der Waals surface area contributed by atoms with Crippen molar-refractivity contribution in [3.63, 3.8) is 0 Å². The van der Waals surface area contributed by atoms with E-state index in [0.29, 0.717) is 18.7 Å². The first kappa shape index (κ1) is 16.8. The van der Waals surface area contributed by atoms with Gasteiger partial charge in [-0.1, -0.05) is 18.2 Å². The average Bonchev–Trinajstić information content (AvgIpc) is 2.53. The number of benzene rings is 2. The summed E-state index contributed by atoms with van der Waals surface area (Å²) in [5.74, 6) is -0.0786. The number of hydrogen-bond donors (Lipinski definition) is 2. The molecule has 0 radical (unpaired) electrons. The maximum atomic E-state index is 10.8. The molecule has 0 aliphatic carbocycles. The summed E-state index contributed by atoms with van der Waals surface area (Å²) < 4.78 is 5.70. The highest BCUT2D eigenvalue weighted by molar-refractivity contribution is 5.87. The summed E-state index contributed by atoms with van der Waals surface area (Å²) in [5, 5.41) is 12.2. The molecule has 0 fully saturated rings. The molecule has 0 saturated heterocycles. The third-order valence-corrected chi connectivity index (χ3v) is 3.34. The monoisotopic (exact) mass is 314 g/mol. The van der Waals surface area contributed by atoms with Crippen molar-refractivity contribution in [3.05, 3.63) is 59.7 Å². The predicted molar refractivity (Wildman–Crippen MR) is 91.2 cm³/mol. The van der Waals surface area contributed by atoms with Gasteiger partial charge in [0.15, 0.2) is 0 Å². The van der Waals surface area contributed by atoms with Crippen LogP contribution >= 0.6 is 0 Å². The Hall–Kier alpha value is -2.53. The van der Waals surface area contributed by atoms with Crippen LogP contribution in [-0.4, -0.2) is 43.2 Å². The number of rotatable bonds is 8. The zero-order valence-electron chi connectivity index (χ0n) is 13.5. The third-order valence-electron chi connectivity index (χ3n) is 3.34. The van der Waals surface area contributed by atoms with Crippen LogP contribution in [0.4, 0.5) is 5.69 Å². The first-order chi connectivity index (χ1) is 11.0. The van der Waals surface area contributed by atoms with Crippen LogP contribution in [0.15, 0.2) is 48.5 Å². The Bertz CT molecular complexity index is 639. The van der Waals surface area contributed by atoms with Gasteiger partial charge in [-0.3, -0.25) is 0 Å². The number of nitrogens with one attached hydrogen (secondary N) is 1. The number of carboxylic acid groups (broad SMARTS) is 1.